The minimum Gasteiger partial charge on any atom is -0.325 e. The fourth-order valence-electron chi connectivity index (χ4n) is 2.45. The molecule has 0 bridgehead atoms. The van der Waals surface area contributed by atoms with Gasteiger partial charge in [0, 0.05) is 18.3 Å². The molecular formula is C19H22N4O3S. The van der Waals surface area contributed by atoms with E-state index < -0.39 is 10.0 Å². The van der Waals surface area contributed by atoms with Crippen LogP contribution in [-0.2, 0) is 21.4 Å². The van der Waals surface area contributed by atoms with Gasteiger partial charge in [0.25, 0.3) is 0 Å². The zero-order chi connectivity index (χ0) is 20.0. The topological polar surface area (TPSA) is 116 Å². The Labute approximate surface area is 159 Å². The molecule has 142 valence electrons. The summed E-state index contributed by atoms with van der Waals surface area (Å²) in [6.45, 7) is 4.74. The first-order chi connectivity index (χ1) is 12.7. The lowest BCUT2D eigenvalue weighted by molar-refractivity contribution is -0.117. The Kier molecular flexibility index (Phi) is 6.69. The van der Waals surface area contributed by atoms with Crippen molar-refractivity contribution in [1.82, 2.24) is 4.90 Å². The monoisotopic (exact) mass is 386 g/mol. The lowest BCUT2D eigenvalue weighted by Gasteiger charge is -2.26. The van der Waals surface area contributed by atoms with Crippen molar-refractivity contribution >= 4 is 21.6 Å². The molecule has 1 amide bonds. The third-order valence-electron chi connectivity index (χ3n) is 4.01. The largest absolute Gasteiger partial charge is 0.325 e. The van der Waals surface area contributed by atoms with Crippen LogP contribution in [-0.4, -0.2) is 31.8 Å². The van der Waals surface area contributed by atoms with Crippen molar-refractivity contribution in [3.8, 4) is 6.07 Å². The number of carbonyl (C=O) groups is 1. The summed E-state index contributed by atoms with van der Waals surface area (Å²) in [6.07, 6.45) is 0. The minimum atomic E-state index is -3.76. The molecule has 0 aliphatic carbocycles. The average Bonchev–Trinajstić information content (AvgIpc) is 2.61. The van der Waals surface area contributed by atoms with Crippen LogP contribution in [0.3, 0.4) is 0 Å². The molecular weight excluding hydrogens is 364 g/mol. The fraction of sp³-hybridized carbons (Fsp3) is 0.263. The highest BCUT2D eigenvalue weighted by Gasteiger charge is 2.15. The van der Waals surface area contributed by atoms with E-state index in [4.69, 9.17) is 10.4 Å². The van der Waals surface area contributed by atoms with Gasteiger partial charge in [-0.3, -0.25) is 9.69 Å². The predicted octanol–water partition coefficient (Wildman–Crippen LogP) is 2.05. The van der Waals surface area contributed by atoms with Gasteiger partial charge in [0.15, 0.2) is 0 Å². The second-order valence-electron chi connectivity index (χ2n) is 6.43. The van der Waals surface area contributed by atoms with Gasteiger partial charge in [-0.05, 0) is 55.8 Å². The van der Waals surface area contributed by atoms with Crippen molar-refractivity contribution in [3.63, 3.8) is 0 Å². The molecule has 0 spiro atoms. The summed E-state index contributed by atoms with van der Waals surface area (Å²) < 4.78 is 22.5. The van der Waals surface area contributed by atoms with E-state index in [0.717, 1.165) is 5.56 Å². The van der Waals surface area contributed by atoms with E-state index in [1.165, 1.54) is 24.3 Å². The number of anilines is 1. The summed E-state index contributed by atoms with van der Waals surface area (Å²) in [6, 6.07) is 15.2. The van der Waals surface area contributed by atoms with Gasteiger partial charge < -0.3 is 5.32 Å². The van der Waals surface area contributed by atoms with Gasteiger partial charge in [-0.15, -0.1) is 0 Å². The number of sulfonamides is 1. The predicted molar refractivity (Wildman–Crippen MR) is 103 cm³/mol. The Hall–Kier alpha value is -2.73. The zero-order valence-corrected chi connectivity index (χ0v) is 16.0. The number of amides is 1. The van der Waals surface area contributed by atoms with Gasteiger partial charge in [-0.2, -0.15) is 5.26 Å². The SMILES string of the molecule is CC(C)N(CC(=O)Nc1ccc(S(N)(=O)=O)cc1)Cc1ccc(C#N)cc1. The molecule has 0 saturated carbocycles. The standard InChI is InChI=1S/C19H22N4O3S/c1-14(2)23(12-16-5-3-15(11-20)4-6-16)13-19(24)22-17-7-9-18(10-8-17)27(21,25)26/h3-10,14H,12-13H2,1-2H3,(H,22,24)(H2,21,25,26). The summed E-state index contributed by atoms with van der Waals surface area (Å²) in [5.41, 5.74) is 2.10. The second kappa shape index (κ2) is 8.77. The smallest absolute Gasteiger partial charge is 0.238 e. The van der Waals surface area contributed by atoms with Crippen LogP contribution in [0.1, 0.15) is 25.0 Å². The molecule has 27 heavy (non-hydrogen) atoms. The molecule has 2 aromatic rings. The van der Waals surface area contributed by atoms with Crippen LogP contribution in [0.5, 0.6) is 0 Å². The summed E-state index contributed by atoms with van der Waals surface area (Å²) in [7, 11) is -3.76. The zero-order valence-electron chi connectivity index (χ0n) is 15.2. The van der Waals surface area contributed by atoms with E-state index >= 15 is 0 Å². The number of hydrogen-bond donors (Lipinski definition) is 2. The fourth-order valence-corrected chi connectivity index (χ4v) is 2.97. The summed E-state index contributed by atoms with van der Waals surface area (Å²) in [5.74, 6) is -0.208. The molecule has 2 aromatic carbocycles. The summed E-state index contributed by atoms with van der Waals surface area (Å²) in [4.78, 5) is 14.3. The molecule has 7 nitrogen and oxygen atoms in total. The first-order valence-electron chi connectivity index (χ1n) is 8.35. The Morgan fingerprint density at radius 2 is 1.74 bits per heavy atom. The number of nitrogens with two attached hydrogens (primary N) is 1. The molecule has 2 rings (SSSR count). The molecule has 0 radical (unpaired) electrons. The molecule has 8 heteroatoms. The number of primary sulfonamides is 1. The lowest BCUT2D eigenvalue weighted by Crippen LogP contribution is -2.37. The van der Waals surface area contributed by atoms with Gasteiger partial charge in [-0.25, -0.2) is 13.6 Å². The van der Waals surface area contributed by atoms with Crippen LogP contribution in [0.2, 0.25) is 0 Å². The van der Waals surface area contributed by atoms with Crippen molar-refractivity contribution in [2.24, 2.45) is 5.14 Å². The Morgan fingerprint density at radius 3 is 2.22 bits per heavy atom. The third kappa shape index (κ3) is 6.18. The van der Waals surface area contributed by atoms with Gasteiger partial charge in [0.2, 0.25) is 15.9 Å². The maximum absolute atomic E-state index is 12.4. The van der Waals surface area contributed by atoms with Gasteiger partial charge in [-0.1, -0.05) is 12.1 Å². The molecule has 0 fully saturated rings. The number of nitriles is 1. The molecule has 0 saturated heterocycles. The summed E-state index contributed by atoms with van der Waals surface area (Å²) >= 11 is 0. The molecule has 0 aliphatic rings. The van der Waals surface area contributed by atoms with Gasteiger partial charge >= 0.3 is 0 Å². The number of nitrogens with zero attached hydrogens (tertiary/aromatic N) is 2. The molecule has 3 N–H and O–H groups in total. The van der Waals surface area contributed by atoms with E-state index in [2.05, 4.69) is 11.4 Å². The van der Waals surface area contributed by atoms with Crippen molar-refractivity contribution in [2.45, 2.75) is 31.3 Å². The summed E-state index contributed by atoms with van der Waals surface area (Å²) in [5, 5.41) is 16.7. The van der Waals surface area contributed by atoms with Crippen LogP contribution in [0.4, 0.5) is 5.69 Å². The van der Waals surface area contributed by atoms with E-state index in [-0.39, 0.29) is 23.4 Å². The molecule has 0 atom stereocenters. The van der Waals surface area contributed by atoms with Crippen molar-refractivity contribution in [1.29, 1.82) is 5.26 Å². The quantitative estimate of drug-likeness (QED) is 0.755. The first kappa shape index (κ1) is 20.6. The van der Waals surface area contributed by atoms with Crippen LogP contribution in [0.15, 0.2) is 53.4 Å². The van der Waals surface area contributed by atoms with E-state index in [0.29, 0.717) is 17.8 Å². The molecule has 0 unspecified atom stereocenters. The average molecular weight is 386 g/mol. The van der Waals surface area contributed by atoms with Crippen LogP contribution < -0.4 is 10.5 Å². The van der Waals surface area contributed by atoms with Crippen LogP contribution >= 0.6 is 0 Å². The maximum Gasteiger partial charge on any atom is 0.238 e. The number of rotatable bonds is 7. The minimum absolute atomic E-state index is 0.00915. The third-order valence-corrected chi connectivity index (χ3v) is 4.94. The molecule has 0 aromatic heterocycles. The number of hydrogen-bond acceptors (Lipinski definition) is 5. The van der Waals surface area contributed by atoms with Crippen LogP contribution in [0, 0.1) is 11.3 Å². The van der Waals surface area contributed by atoms with E-state index in [1.54, 1.807) is 12.1 Å². The van der Waals surface area contributed by atoms with E-state index in [9.17, 15) is 13.2 Å². The number of carbonyl (C=O) groups excluding carboxylic acids is 1. The second-order valence-corrected chi connectivity index (χ2v) is 7.99. The first-order valence-corrected chi connectivity index (χ1v) is 9.89. The number of benzene rings is 2. The number of nitrogens with one attached hydrogen (secondary N) is 1. The molecule has 0 aliphatic heterocycles. The Bertz CT molecular complexity index is 930. The van der Waals surface area contributed by atoms with Gasteiger partial charge in [0.1, 0.15) is 0 Å². The highest BCUT2D eigenvalue weighted by molar-refractivity contribution is 7.89. The van der Waals surface area contributed by atoms with Crippen molar-refractivity contribution in [2.75, 3.05) is 11.9 Å². The normalized spacial score (nSPS) is 11.4. The van der Waals surface area contributed by atoms with Crippen LogP contribution in [0.25, 0.3) is 0 Å². The highest BCUT2D eigenvalue weighted by atomic mass is 32.2. The van der Waals surface area contributed by atoms with Gasteiger partial charge in [0.05, 0.1) is 23.1 Å². The maximum atomic E-state index is 12.4. The van der Waals surface area contributed by atoms with E-state index in [1.807, 2.05) is 30.9 Å². The van der Waals surface area contributed by atoms with Crippen molar-refractivity contribution < 1.29 is 13.2 Å². The Morgan fingerprint density at radius 1 is 1.15 bits per heavy atom. The van der Waals surface area contributed by atoms with Crippen molar-refractivity contribution in [3.05, 3.63) is 59.7 Å². The Balaban J connectivity index is 2.01. The molecule has 0 heterocycles. The highest BCUT2D eigenvalue weighted by Crippen LogP contribution is 2.14. The lowest BCUT2D eigenvalue weighted by atomic mass is 10.1.